The van der Waals surface area contributed by atoms with Gasteiger partial charge in [-0.25, -0.2) is 4.98 Å². The molecule has 12 saturated carbocycles. The molecule has 0 aliphatic heterocycles. The summed E-state index contributed by atoms with van der Waals surface area (Å²) in [6.07, 6.45) is 40.4. The molecule has 16 heteroatoms. The van der Waals surface area contributed by atoms with E-state index in [-0.39, 0.29) is 52.0 Å². The van der Waals surface area contributed by atoms with E-state index in [0.29, 0.717) is 94.9 Å². The van der Waals surface area contributed by atoms with Crippen molar-refractivity contribution in [3.8, 4) is 5.75 Å². The third-order valence-electron chi connectivity index (χ3n) is 31.7. The molecule has 15 rings (SSSR count). The first kappa shape index (κ1) is 68.3. The molecule has 0 radical (unpaired) electrons. The lowest BCUT2D eigenvalue weighted by Crippen LogP contribution is -2.55. The number of hydrogen-bond donors (Lipinski definition) is 3. The van der Waals surface area contributed by atoms with Gasteiger partial charge in [0.1, 0.15) is 24.8 Å². The summed E-state index contributed by atoms with van der Waals surface area (Å²) in [4.78, 5) is 54.9. The Morgan fingerprint density at radius 1 is 0.500 bits per heavy atom. The first-order chi connectivity index (χ1) is 44.3. The minimum atomic E-state index is -0.507. The summed E-state index contributed by atoms with van der Waals surface area (Å²) in [6.45, 7) is 26.4. The Bertz CT molecular complexity index is 3290. The number of aryl methyl sites for hydroxylation is 1. The Hall–Kier alpha value is -4.28. The minimum absolute atomic E-state index is 0.0225. The van der Waals surface area contributed by atoms with E-state index >= 15 is 0 Å². The fourth-order valence-corrected chi connectivity index (χ4v) is 26.5. The molecule has 3 heterocycles. The largest absolute Gasteiger partial charge is 0.491 e. The van der Waals surface area contributed by atoms with Crippen LogP contribution in [-0.4, -0.2) is 90.1 Å². The van der Waals surface area contributed by atoms with Crippen molar-refractivity contribution in [1.29, 1.82) is 0 Å². The molecule has 3 aromatic heterocycles. The van der Waals surface area contributed by atoms with E-state index < -0.39 is 21.7 Å². The molecule has 3 aromatic rings. The molecule has 520 valence electrons. The molecular weight excluding hydrogens is 1180 g/mol. The maximum absolute atomic E-state index is 13.4. The number of ether oxygens (including phenoxy) is 1. The quantitative estimate of drug-likeness (QED) is 0.114. The van der Waals surface area contributed by atoms with E-state index in [1.54, 1.807) is 17.1 Å². The van der Waals surface area contributed by atoms with Gasteiger partial charge in [-0.3, -0.25) is 33.9 Å². The highest BCUT2D eigenvalue weighted by atomic mass is 16.6. The Morgan fingerprint density at radius 2 is 0.872 bits per heavy atom. The van der Waals surface area contributed by atoms with E-state index in [9.17, 15) is 39.8 Å². The van der Waals surface area contributed by atoms with Crippen LogP contribution in [0, 0.1) is 138 Å². The number of ketones is 3. The second kappa shape index (κ2) is 24.9. The molecule has 0 spiro atoms. The summed E-state index contributed by atoms with van der Waals surface area (Å²) in [5.41, 5.74) is -0.0770. The number of Topliss-reactive ketones (excluding diaryl/α,β-unsaturated/α-hetero) is 3. The second-order valence-corrected chi connectivity index (χ2v) is 36.6. The van der Waals surface area contributed by atoms with Gasteiger partial charge in [-0.15, -0.1) is 0 Å². The van der Waals surface area contributed by atoms with Crippen molar-refractivity contribution in [1.82, 2.24) is 29.1 Å². The van der Waals surface area contributed by atoms with Crippen molar-refractivity contribution in [3.63, 3.8) is 0 Å². The van der Waals surface area contributed by atoms with Crippen molar-refractivity contribution in [3.05, 3.63) is 53.1 Å². The van der Waals surface area contributed by atoms with Crippen LogP contribution in [-0.2, 0) is 34.0 Å². The summed E-state index contributed by atoms with van der Waals surface area (Å²) >= 11 is 0. The zero-order valence-electron chi connectivity index (χ0n) is 59.5. The number of aromatic nitrogens is 6. The number of imidazole rings is 1. The van der Waals surface area contributed by atoms with E-state index in [4.69, 9.17) is 4.74 Å². The lowest BCUT2D eigenvalue weighted by molar-refractivity contribution is -0.385. The van der Waals surface area contributed by atoms with Crippen LogP contribution in [0.15, 0.2) is 37.2 Å². The summed E-state index contributed by atoms with van der Waals surface area (Å²) in [5.74, 6) is 11.4. The number of nitrogens with zero attached hydrogens (tertiary/aromatic N) is 7. The molecule has 0 aromatic carbocycles. The lowest BCUT2D eigenvalue weighted by Gasteiger charge is -2.61. The molecule has 12 aliphatic rings. The molecule has 12 aliphatic carbocycles. The van der Waals surface area contributed by atoms with Crippen LogP contribution in [0.3, 0.4) is 0 Å². The van der Waals surface area contributed by atoms with Gasteiger partial charge in [0.2, 0.25) is 0 Å². The fraction of sp³-hybridized carbons (Fsp3) is 0.846. The number of aliphatic hydroxyl groups is 3. The van der Waals surface area contributed by atoms with E-state index in [1.165, 1.54) is 113 Å². The molecule has 94 heavy (non-hydrogen) atoms. The highest BCUT2D eigenvalue weighted by Gasteiger charge is 2.65. The lowest BCUT2D eigenvalue weighted by atomic mass is 9.44. The van der Waals surface area contributed by atoms with Gasteiger partial charge >= 0.3 is 5.69 Å². The third-order valence-corrected chi connectivity index (χ3v) is 31.7. The van der Waals surface area contributed by atoms with E-state index in [2.05, 4.69) is 56.7 Å². The van der Waals surface area contributed by atoms with Crippen LogP contribution in [0.4, 0.5) is 5.69 Å². The summed E-state index contributed by atoms with van der Waals surface area (Å²) < 4.78 is 10.7. The Morgan fingerprint density at radius 3 is 1.23 bits per heavy atom. The maximum atomic E-state index is 13.4. The number of nitro groups is 1. The van der Waals surface area contributed by atoms with Gasteiger partial charge < -0.3 is 24.6 Å². The van der Waals surface area contributed by atoms with Crippen LogP contribution < -0.4 is 4.74 Å². The van der Waals surface area contributed by atoms with Crippen LogP contribution in [0.25, 0.3) is 0 Å². The maximum Gasteiger partial charge on any atom is 0.307 e. The molecule has 0 bridgehead atoms. The van der Waals surface area contributed by atoms with E-state index in [0.717, 1.165) is 112 Å². The summed E-state index contributed by atoms with van der Waals surface area (Å²) in [6, 6.07) is 0. The zero-order chi connectivity index (χ0) is 66.9. The predicted molar refractivity (Wildman–Crippen MR) is 362 cm³/mol. The Balaban J connectivity index is 0.000000128. The molecule has 16 nitrogen and oxygen atoms in total. The SMILES string of the molecule is CCOc1cnn(CC(=O)[C@H]2CC[C@H]3[C@@H]4CC[C@@H]5C[C@](C)(O)CC[C@]5(C)[C@H]4CC[C@]23C)c1.C[C@@]1(O)CC[C@@]2(C)[C@H](CC[C@@H]3[C@@H]2CC[C@]2(C)[C@@H](C(=O)Cn4cc([N+](=O)[O-])cn4)CC[C@@H]32)C1.Cc1nccn1CC(=O)[C@H]1CC[C@H]2[C@@H]3CC[C@@H]4C[C@](C)(O)CC[C@]4(C)[C@H]3CC[C@]12C. The highest BCUT2D eigenvalue weighted by Crippen LogP contribution is 2.72. The number of fused-ring (bicyclic) bond motifs is 15. The van der Waals surface area contributed by atoms with Gasteiger partial charge in [-0.05, 0) is 311 Å². The van der Waals surface area contributed by atoms with Crippen LogP contribution >= 0.6 is 0 Å². The van der Waals surface area contributed by atoms with Crippen molar-refractivity contribution in [2.45, 2.75) is 286 Å². The van der Waals surface area contributed by atoms with Crippen molar-refractivity contribution >= 4 is 23.0 Å². The average molecular weight is 1300 g/mol. The van der Waals surface area contributed by atoms with Gasteiger partial charge in [0, 0.05) is 30.1 Å². The smallest absolute Gasteiger partial charge is 0.307 e. The third kappa shape index (κ3) is 12.0. The molecule has 24 atom stereocenters. The minimum Gasteiger partial charge on any atom is -0.491 e. The standard InChI is InChI=1S/C27H42N2O3.C26H40N2O2.C25H37N3O4/c1-5-32-19-15-28-29(16-19)17-24(30)23-9-8-21-20-7-6-18-14-25(2,31)12-13-26(18,3)22(20)10-11-27(21,23)4;1-17-27-13-14-28(17)16-23(29)22-8-7-20-19-6-5-18-15-24(2,30)11-12-25(18,3)21(19)9-10-26(20,22)4;1-23(30)10-11-24(2)16(12-23)4-5-18-19-6-7-21(25(19,3)9-8-20(18)24)22(29)15-27-14-17(13-26-27)28(31)32/h15-16,18,20-23,31H,5-14,17H2,1-4H3;13-14,18-22,30H,5-12,15-16H2,1-4H3;13-14,16,18-21,30H,4-12,15H2,1-3H3/t18-,20+,21+,22+,23-,25-,26+,27+;18-,19+,20+,21+,22-,24-,25+,26+;16-,18+,19+,20+,21-,23-,24+,25+/m111/s1. The van der Waals surface area contributed by atoms with Crippen molar-refractivity contribution in [2.24, 2.45) is 121 Å². The number of rotatable bonds is 12. The van der Waals surface area contributed by atoms with Crippen molar-refractivity contribution in [2.75, 3.05) is 6.61 Å². The number of carbonyl (C=O) groups is 3. The monoisotopic (exact) mass is 1300 g/mol. The second-order valence-electron chi connectivity index (χ2n) is 36.6. The fourth-order valence-electron chi connectivity index (χ4n) is 26.5. The van der Waals surface area contributed by atoms with E-state index in [1.807, 2.05) is 51.6 Å². The van der Waals surface area contributed by atoms with Crippen molar-refractivity contribution < 1.29 is 39.4 Å². The molecule has 3 N–H and O–H groups in total. The molecule has 0 unspecified atom stereocenters. The zero-order valence-corrected chi connectivity index (χ0v) is 59.5. The Kier molecular flexibility index (Phi) is 18.0. The Labute approximate surface area is 561 Å². The average Bonchev–Trinajstić information content (AvgIpc) is 1.32. The van der Waals surface area contributed by atoms with Gasteiger partial charge in [0.15, 0.2) is 23.1 Å². The summed E-state index contributed by atoms with van der Waals surface area (Å²) in [5, 5.41) is 51.4. The van der Waals surface area contributed by atoms with Crippen LogP contribution in [0.5, 0.6) is 5.75 Å². The predicted octanol–water partition coefficient (Wildman–Crippen LogP) is 15.2. The first-order valence-corrected chi connectivity index (χ1v) is 37.9. The van der Waals surface area contributed by atoms with Crippen LogP contribution in [0.2, 0.25) is 0 Å². The topological polar surface area (TPSA) is 218 Å². The van der Waals surface area contributed by atoms with Gasteiger partial charge in [-0.2, -0.15) is 10.2 Å². The van der Waals surface area contributed by atoms with Gasteiger partial charge in [-0.1, -0.05) is 41.5 Å². The highest BCUT2D eigenvalue weighted by molar-refractivity contribution is 5.83. The van der Waals surface area contributed by atoms with Crippen LogP contribution in [0.1, 0.15) is 248 Å². The molecular formula is C78H119N7O9. The van der Waals surface area contributed by atoms with Gasteiger partial charge in [0.05, 0.1) is 53.8 Å². The molecule has 0 saturated heterocycles. The number of carbonyl (C=O) groups excluding carboxylic acids is 3. The normalized spacial score (nSPS) is 46.3. The summed E-state index contributed by atoms with van der Waals surface area (Å²) in [7, 11) is 0. The van der Waals surface area contributed by atoms with Gasteiger partial charge in [0.25, 0.3) is 0 Å². The molecule has 12 fully saturated rings. The first-order valence-electron chi connectivity index (χ1n) is 37.9. The molecule has 0 amide bonds. The number of hydrogen-bond acceptors (Lipinski definition) is 12.